The van der Waals surface area contributed by atoms with Crippen LogP contribution in [0.2, 0.25) is 0 Å². The average molecular weight is 761 g/mol. The van der Waals surface area contributed by atoms with Crippen LogP contribution >= 0.6 is 0 Å². The Morgan fingerprint density at radius 3 is 1.00 bits per heavy atom. The summed E-state index contributed by atoms with van der Waals surface area (Å²) in [5.74, 6) is 7.54. The van der Waals surface area contributed by atoms with Crippen molar-refractivity contribution < 1.29 is 4.74 Å². The highest BCUT2D eigenvalue weighted by molar-refractivity contribution is 4.92. The van der Waals surface area contributed by atoms with Crippen LogP contribution in [-0.4, -0.2) is 13.2 Å². The van der Waals surface area contributed by atoms with Crippen LogP contribution in [0.3, 0.4) is 0 Å². The lowest BCUT2D eigenvalue weighted by Gasteiger charge is -2.41. The van der Waals surface area contributed by atoms with E-state index in [0.29, 0.717) is 11.8 Å². The van der Waals surface area contributed by atoms with Gasteiger partial charge < -0.3 is 4.74 Å². The van der Waals surface area contributed by atoms with Crippen molar-refractivity contribution >= 4 is 0 Å². The highest BCUT2D eigenvalue weighted by Crippen LogP contribution is 2.46. The van der Waals surface area contributed by atoms with Crippen LogP contribution in [0.15, 0.2) is 0 Å². The summed E-state index contributed by atoms with van der Waals surface area (Å²) in [6, 6.07) is 5.20. The standard InChI is InChI=1S/C52H92N2O/c1-3-5-7-9-11-13-15-17-19-43-21-29-47(30-22-43)51(49-33-25-45(41-53)26-34-49)37-39-55-40-38-52(50-35-27-46(42-54)28-36-50)48-31-23-44(24-32-48)20-18-16-14-12-10-8-6-4-2/h43-52H,3-40H2,1-2H3. The minimum Gasteiger partial charge on any atom is -0.381 e. The Morgan fingerprint density at radius 1 is 0.400 bits per heavy atom. The third-order valence-corrected chi connectivity index (χ3v) is 16.2. The molecule has 0 heterocycles. The summed E-state index contributed by atoms with van der Waals surface area (Å²) < 4.78 is 6.69. The van der Waals surface area contributed by atoms with Gasteiger partial charge in [-0.25, -0.2) is 0 Å². The molecule has 4 aliphatic rings. The molecule has 0 radical (unpaired) electrons. The van der Waals surface area contributed by atoms with Gasteiger partial charge in [0.15, 0.2) is 0 Å². The van der Waals surface area contributed by atoms with Gasteiger partial charge in [-0.3, -0.25) is 0 Å². The molecule has 0 aromatic carbocycles. The van der Waals surface area contributed by atoms with Crippen LogP contribution in [0.1, 0.15) is 245 Å². The molecule has 3 heteroatoms. The lowest BCUT2D eigenvalue weighted by atomic mass is 9.65. The topological polar surface area (TPSA) is 56.8 Å². The molecular weight excluding hydrogens is 669 g/mol. The maximum atomic E-state index is 9.61. The van der Waals surface area contributed by atoms with Crippen LogP contribution in [0.5, 0.6) is 0 Å². The van der Waals surface area contributed by atoms with E-state index in [1.54, 1.807) is 0 Å². The van der Waals surface area contributed by atoms with E-state index >= 15 is 0 Å². The van der Waals surface area contributed by atoms with Crippen molar-refractivity contribution in [3.05, 3.63) is 0 Å². The van der Waals surface area contributed by atoms with E-state index in [1.807, 2.05) is 0 Å². The number of ether oxygens (including phenoxy) is 1. The van der Waals surface area contributed by atoms with Crippen molar-refractivity contribution in [1.82, 2.24) is 0 Å². The molecule has 0 aromatic heterocycles. The van der Waals surface area contributed by atoms with Gasteiger partial charge in [0.05, 0.1) is 12.1 Å². The number of unbranched alkanes of at least 4 members (excludes halogenated alkanes) is 14. The molecule has 4 fully saturated rings. The van der Waals surface area contributed by atoms with E-state index in [9.17, 15) is 10.5 Å². The minimum atomic E-state index is 0.302. The van der Waals surface area contributed by atoms with E-state index in [-0.39, 0.29) is 0 Å². The molecule has 4 aliphatic carbocycles. The molecule has 0 aliphatic heterocycles. The van der Waals surface area contributed by atoms with Gasteiger partial charge >= 0.3 is 0 Å². The van der Waals surface area contributed by atoms with Crippen LogP contribution in [-0.2, 0) is 4.74 Å². The third-order valence-electron chi connectivity index (χ3n) is 16.2. The lowest BCUT2D eigenvalue weighted by molar-refractivity contribution is 0.0396. The lowest BCUT2D eigenvalue weighted by Crippen LogP contribution is -2.32. The number of rotatable bonds is 28. The highest BCUT2D eigenvalue weighted by Gasteiger charge is 2.36. The molecule has 4 saturated carbocycles. The first-order valence-corrected chi connectivity index (χ1v) is 25.5. The van der Waals surface area contributed by atoms with Crippen molar-refractivity contribution in [3.8, 4) is 12.1 Å². The van der Waals surface area contributed by atoms with Crippen LogP contribution in [0.25, 0.3) is 0 Å². The maximum Gasteiger partial charge on any atom is 0.0655 e. The summed E-state index contributed by atoms with van der Waals surface area (Å²) in [5, 5.41) is 19.2. The zero-order chi connectivity index (χ0) is 38.8. The van der Waals surface area contributed by atoms with Crippen molar-refractivity contribution in [2.45, 2.75) is 245 Å². The molecule has 0 spiro atoms. The summed E-state index contributed by atoms with van der Waals surface area (Å²) in [5.41, 5.74) is 0. The van der Waals surface area contributed by atoms with Gasteiger partial charge in [0.25, 0.3) is 0 Å². The second-order valence-corrected chi connectivity index (χ2v) is 20.1. The molecule has 3 nitrogen and oxygen atoms in total. The predicted octanol–water partition coefficient (Wildman–Crippen LogP) is 16.3. The van der Waals surface area contributed by atoms with Gasteiger partial charge in [0.2, 0.25) is 0 Å². The maximum absolute atomic E-state index is 9.61. The summed E-state index contributed by atoms with van der Waals surface area (Å²) in [4.78, 5) is 0. The Kier molecular flexibility index (Phi) is 24.8. The minimum absolute atomic E-state index is 0.302. The molecule has 2 unspecified atom stereocenters. The quantitative estimate of drug-likeness (QED) is 0.0746. The molecule has 0 bridgehead atoms. The van der Waals surface area contributed by atoms with E-state index < -0.39 is 0 Å². The van der Waals surface area contributed by atoms with E-state index in [0.717, 1.165) is 86.2 Å². The molecular formula is C52H92N2O. The van der Waals surface area contributed by atoms with Gasteiger partial charge in [0, 0.05) is 25.0 Å². The number of nitrogens with zero attached hydrogens (tertiary/aromatic N) is 2. The largest absolute Gasteiger partial charge is 0.381 e. The van der Waals surface area contributed by atoms with Crippen LogP contribution < -0.4 is 0 Å². The monoisotopic (exact) mass is 761 g/mol. The van der Waals surface area contributed by atoms with E-state index in [2.05, 4.69) is 26.0 Å². The third kappa shape index (κ3) is 18.2. The molecule has 316 valence electrons. The van der Waals surface area contributed by atoms with Crippen molar-refractivity contribution in [1.29, 1.82) is 10.5 Å². The first kappa shape index (κ1) is 46.6. The first-order chi connectivity index (χ1) is 27.1. The van der Waals surface area contributed by atoms with Gasteiger partial charge in [0.1, 0.15) is 0 Å². The zero-order valence-electron chi connectivity index (χ0n) is 36.9. The number of hydrogen-bond donors (Lipinski definition) is 0. The summed E-state index contributed by atoms with van der Waals surface area (Å²) >= 11 is 0. The van der Waals surface area contributed by atoms with E-state index in [1.165, 1.54) is 205 Å². The van der Waals surface area contributed by atoms with Gasteiger partial charge in [-0.05, 0) is 137 Å². The van der Waals surface area contributed by atoms with Gasteiger partial charge in [-0.2, -0.15) is 10.5 Å². The van der Waals surface area contributed by atoms with Crippen molar-refractivity contribution in [2.75, 3.05) is 13.2 Å². The van der Waals surface area contributed by atoms with Crippen LogP contribution in [0, 0.1) is 81.8 Å². The summed E-state index contributed by atoms with van der Waals surface area (Å²) in [6.07, 6.45) is 49.6. The second kappa shape index (κ2) is 29.2. The fourth-order valence-electron chi connectivity index (χ4n) is 12.6. The Hall–Kier alpha value is -1.06. The first-order valence-electron chi connectivity index (χ1n) is 25.5. The Morgan fingerprint density at radius 2 is 0.691 bits per heavy atom. The Bertz CT molecular complexity index is 916. The van der Waals surface area contributed by atoms with Gasteiger partial charge in [-0.15, -0.1) is 0 Å². The number of nitriles is 2. The van der Waals surface area contributed by atoms with E-state index in [4.69, 9.17) is 4.74 Å². The summed E-state index contributed by atoms with van der Waals surface area (Å²) in [6.45, 7) is 6.52. The Labute approximate surface area is 343 Å². The molecule has 0 saturated heterocycles. The number of hydrogen-bond acceptors (Lipinski definition) is 3. The summed E-state index contributed by atoms with van der Waals surface area (Å²) in [7, 11) is 0. The van der Waals surface area contributed by atoms with Gasteiger partial charge in [-0.1, -0.05) is 155 Å². The molecule has 2 atom stereocenters. The van der Waals surface area contributed by atoms with Crippen molar-refractivity contribution in [2.24, 2.45) is 59.2 Å². The van der Waals surface area contributed by atoms with Crippen molar-refractivity contribution in [3.63, 3.8) is 0 Å². The SMILES string of the molecule is CCCCCCCCCCC1CCC(C(CCOCCC(C2CCC(C#N)CC2)C2CCC(CCCCCCCCCC)CC2)C2CCC(C#N)CC2)CC1. The molecule has 4 rings (SSSR count). The fourth-order valence-corrected chi connectivity index (χ4v) is 12.6. The molecule has 55 heavy (non-hydrogen) atoms. The highest BCUT2D eigenvalue weighted by atomic mass is 16.5. The zero-order valence-corrected chi connectivity index (χ0v) is 36.9. The molecule has 0 N–H and O–H groups in total. The molecule has 0 aromatic rings. The predicted molar refractivity (Wildman–Crippen MR) is 235 cm³/mol. The second-order valence-electron chi connectivity index (χ2n) is 20.1. The molecule has 0 amide bonds. The Balaban J connectivity index is 1.19. The smallest absolute Gasteiger partial charge is 0.0655 e. The van der Waals surface area contributed by atoms with Crippen LogP contribution in [0.4, 0.5) is 0 Å². The fraction of sp³-hybridized carbons (Fsp3) is 0.962. The average Bonchev–Trinajstić information content (AvgIpc) is 3.23. The normalized spacial score (nSPS) is 30.0.